The van der Waals surface area contributed by atoms with E-state index in [0.717, 1.165) is 25.7 Å². The molecule has 0 aromatic carbocycles. The Morgan fingerprint density at radius 1 is 1.02 bits per heavy atom. The van der Waals surface area contributed by atoms with Gasteiger partial charge in [-0.05, 0) is 31.9 Å². The quantitative estimate of drug-likeness (QED) is 0.107. The van der Waals surface area contributed by atoms with Gasteiger partial charge in [0.1, 0.15) is 24.4 Å². The van der Waals surface area contributed by atoms with E-state index < -0.39 is 89.1 Å². The van der Waals surface area contributed by atoms with Crippen molar-refractivity contribution >= 4 is 23.9 Å². The highest BCUT2D eigenvalue weighted by Gasteiger charge is 2.87. The van der Waals surface area contributed by atoms with Crippen molar-refractivity contribution in [2.24, 2.45) is 11.3 Å². The second kappa shape index (κ2) is 12.5. The van der Waals surface area contributed by atoms with Crippen LogP contribution in [0.1, 0.15) is 86.5 Å². The molecule has 2 heterocycles. The number of aliphatic hydroxyl groups is 3. The number of hydrogen-bond donors (Lipinski definition) is 3. The summed E-state index contributed by atoms with van der Waals surface area (Å²) in [6.07, 6.45) is 2.56. The number of hydrogen-bond acceptors (Lipinski definition) is 12. The predicted molar refractivity (Wildman–Crippen MR) is 154 cm³/mol. The van der Waals surface area contributed by atoms with E-state index in [9.17, 15) is 34.5 Å². The lowest BCUT2D eigenvalue weighted by atomic mass is 9.55. The first-order valence-electron chi connectivity index (χ1n) is 15.4. The summed E-state index contributed by atoms with van der Waals surface area (Å²) >= 11 is 0. The molecule has 1 spiro atoms. The number of esters is 4. The number of carbonyl (C=O) groups is 4. The third kappa shape index (κ3) is 5.81. The molecular weight excluding hydrogens is 576 g/mol. The average molecular weight is 623 g/mol. The predicted octanol–water partition coefficient (Wildman–Crippen LogP) is 2.20. The summed E-state index contributed by atoms with van der Waals surface area (Å²) < 4.78 is 29.5. The Bertz CT molecular complexity index is 1210. The Hall–Kier alpha value is -2.80. The van der Waals surface area contributed by atoms with Crippen molar-refractivity contribution in [3.8, 4) is 0 Å². The van der Waals surface area contributed by atoms with Crippen LogP contribution in [0.4, 0.5) is 0 Å². The van der Waals surface area contributed by atoms with Gasteiger partial charge in [0.15, 0.2) is 17.3 Å². The maximum absolute atomic E-state index is 13.2. The van der Waals surface area contributed by atoms with Crippen LogP contribution in [0.3, 0.4) is 0 Å². The van der Waals surface area contributed by atoms with Gasteiger partial charge in [-0.25, -0.2) is 4.79 Å². The third-order valence-corrected chi connectivity index (χ3v) is 9.83. The molecule has 0 amide bonds. The lowest BCUT2D eigenvalue weighted by molar-refractivity contribution is -0.215. The maximum Gasteiger partial charge on any atom is 0.342 e. The van der Waals surface area contributed by atoms with Crippen molar-refractivity contribution in [2.45, 2.75) is 134 Å². The summed E-state index contributed by atoms with van der Waals surface area (Å²) in [6, 6.07) is 0. The summed E-state index contributed by atoms with van der Waals surface area (Å²) in [5.41, 5.74) is -6.53. The van der Waals surface area contributed by atoms with Gasteiger partial charge in [0.25, 0.3) is 0 Å². The number of fused-ring (bicyclic) bond motifs is 1. The van der Waals surface area contributed by atoms with Crippen LogP contribution in [-0.4, -0.2) is 93.1 Å². The number of aliphatic hydroxyl groups excluding tert-OH is 2. The summed E-state index contributed by atoms with van der Waals surface area (Å²) in [5, 5.41) is 33.5. The van der Waals surface area contributed by atoms with Crippen LogP contribution in [-0.2, 0) is 42.9 Å². The van der Waals surface area contributed by atoms with Crippen molar-refractivity contribution in [3.63, 3.8) is 0 Å². The Morgan fingerprint density at radius 2 is 1.68 bits per heavy atom. The largest absolute Gasteiger partial charge is 0.461 e. The Labute approximate surface area is 257 Å². The van der Waals surface area contributed by atoms with Crippen LogP contribution in [0.15, 0.2) is 23.8 Å². The van der Waals surface area contributed by atoms with Gasteiger partial charge in [-0.2, -0.15) is 0 Å². The zero-order valence-electron chi connectivity index (χ0n) is 26.4. The van der Waals surface area contributed by atoms with Gasteiger partial charge < -0.3 is 39.0 Å². The molecule has 2 aliphatic carbocycles. The maximum atomic E-state index is 13.2. The van der Waals surface area contributed by atoms with Crippen LogP contribution in [0, 0.1) is 11.3 Å². The first-order valence-corrected chi connectivity index (χ1v) is 15.4. The number of carbonyl (C=O) groups excluding carboxylic acids is 4. The molecule has 0 unspecified atom stereocenters. The molecule has 0 aromatic heterocycles. The Kier molecular flexibility index (Phi) is 9.71. The molecule has 2 saturated heterocycles. The van der Waals surface area contributed by atoms with Crippen LogP contribution in [0.25, 0.3) is 0 Å². The van der Waals surface area contributed by atoms with E-state index in [0.29, 0.717) is 6.42 Å². The van der Waals surface area contributed by atoms with Crippen molar-refractivity contribution in [1.82, 2.24) is 0 Å². The lowest BCUT2D eigenvalue weighted by Gasteiger charge is -2.54. The van der Waals surface area contributed by atoms with Crippen molar-refractivity contribution in [2.75, 3.05) is 6.61 Å². The van der Waals surface area contributed by atoms with Crippen LogP contribution in [0.2, 0.25) is 0 Å². The normalized spacial score (nSPS) is 42.0. The van der Waals surface area contributed by atoms with E-state index in [1.807, 2.05) is 0 Å². The Balaban J connectivity index is 1.88. The highest BCUT2D eigenvalue weighted by atomic mass is 16.7. The summed E-state index contributed by atoms with van der Waals surface area (Å²) in [5.74, 6) is -3.93. The highest BCUT2D eigenvalue weighted by Crippen LogP contribution is 2.65. The summed E-state index contributed by atoms with van der Waals surface area (Å²) in [6.45, 7) is 8.37. The molecule has 3 N–H and O–H groups in total. The Morgan fingerprint density at radius 3 is 2.27 bits per heavy atom. The first kappa shape index (κ1) is 34.1. The fraction of sp³-hybridized carbons (Fsp3) is 0.750. The smallest absolute Gasteiger partial charge is 0.342 e. The van der Waals surface area contributed by atoms with Gasteiger partial charge >= 0.3 is 23.9 Å². The zero-order valence-corrected chi connectivity index (χ0v) is 26.4. The molecule has 4 aliphatic rings. The molecule has 0 aromatic rings. The van der Waals surface area contributed by atoms with E-state index in [-0.39, 0.29) is 18.4 Å². The molecule has 10 atom stereocenters. The van der Waals surface area contributed by atoms with E-state index in [2.05, 4.69) is 6.92 Å². The number of unbranched alkanes of at least 4 members (excludes halogenated alkanes) is 4. The topological polar surface area (TPSA) is 178 Å². The lowest BCUT2D eigenvalue weighted by Crippen LogP contribution is -2.67. The molecule has 44 heavy (non-hydrogen) atoms. The standard InChI is InChI=1S/C32H46O12/c1-7-8-9-10-11-12-25(37)42-21-16-23(40-18(2)34)29(4)14-13-22(36)30(5,39)26(29)27(41-19(3)35)32-24(15-20(21)17-33)43-28(38)31(32,6)44-32/h13-15,21-24,26-27,33,36,39H,7-12,16-17H2,1-6H3/b20-15-/t21-,22-,23+,24+,26-,27+,29-,30-,31+,32+/m1/s1. The second-order valence-electron chi connectivity index (χ2n) is 13.0. The van der Waals surface area contributed by atoms with E-state index >= 15 is 0 Å². The highest BCUT2D eigenvalue weighted by molar-refractivity contribution is 5.89. The molecular formula is C32H46O12. The molecule has 4 rings (SSSR count). The van der Waals surface area contributed by atoms with Gasteiger partial charge in [0.05, 0.1) is 12.2 Å². The third-order valence-electron chi connectivity index (χ3n) is 9.83. The fourth-order valence-corrected chi connectivity index (χ4v) is 7.39. The molecule has 0 radical (unpaired) electrons. The van der Waals surface area contributed by atoms with E-state index in [4.69, 9.17) is 23.7 Å². The summed E-state index contributed by atoms with van der Waals surface area (Å²) in [4.78, 5) is 51.4. The average Bonchev–Trinajstić information content (AvgIpc) is 3.52. The number of rotatable bonds is 10. The van der Waals surface area contributed by atoms with Gasteiger partial charge in [0.2, 0.25) is 0 Å². The molecule has 0 saturated carbocycles. The minimum absolute atomic E-state index is 0.135. The zero-order chi connectivity index (χ0) is 32.7. The molecule has 2 fully saturated rings. The van der Waals surface area contributed by atoms with E-state index in [1.165, 1.54) is 39.8 Å². The van der Waals surface area contributed by atoms with Gasteiger partial charge in [0, 0.05) is 38.0 Å². The van der Waals surface area contributed by atoms with Crippen LogP contribution < -0.4 is 0 Å². The minimum Gasteiger partial charge on any atom is -0.461 e. The first-order chi connectivity index (χ1) is 20.6. The second-order valence-corrected chi connectivity index (χ2v) is 13.0. The van der Waals surface area contributed by atoms with Crippen molar-refractivity contribution in [3.05, 3.63) is 23.8 Å². The molecule has 246 valence electrons. The van der Waals surface area contributed by atoms with Gasteiger partial charge in [-0.1, -0.05) is 51.7 Å². The fourth-order valence-electron chi connectivity index (χ4n) is 7.39. The van der Waals surface area contributed by atoms with Gasteiger partial charge in [-0.15, -0.1) is 0 Å². The van der Waals surface area contributed by atoms with Crippen LogP contribution in [0.5, 0.6) is 0 Å². The number of ether oxygens (including phenoxy) is 5. The summed E-state index contributed by atoms with van der Waals surface area (Å²) in [7, 11) is 0. The van der Waals surface area contributed by atoms with E-state index in [1.54, 1.807) is 13.0 Å². The molecule has 0 bridgehead atoms. The van der Waals surface area contributed by atoms with Crippen LogP contribution >= 0.6 is 0 Å². The monoisotopic (exact) mass is 622 g/mol. The molecule has 12 heteroatoms. The van der Waals surface area contributed by atoms with Crippen molar-refractivity contribution in [1.29, 1.82) is 0 Å². The minimum atomic E-state index is -2.01. The SMILES string of the molecule is CCCCCCCC(=O)O[C@@H]1C[C@H](OC(C)=O)[C@@]2(C)C=C[C@@H](O)[C@@](C)(O)[C@@H]2[C@H](OC(C)=O)[C@]23O[C@@]2(C)C(=O)O[C@H]3/C=C\1CO. The molecule has 12 nitrogen and oxygen atoms in total. The number of epoxide rings is 1. The molecule has 2 aliphatic heterocycles. The van der Waals surface area contributed by atoms with Gasteiger partial charge in [-0.3, -0.25) is 14.4 Å². The van der Waals surface area contributed by atoms with Crippen molar-refractivity contribution < 1.29 is 58.2 Å².